The molecule has 3 rings (SSSR count). The Morgan fingerprint density at radius 1 is 1.00 bits per heavy atom. The SMILES string of the molecule is C=CCN1C(=O)/C(=C\c2ccc(OCCCOc3ccccc3)cc2)SC1=S. The standard InChI is InChI=1S/C22H21NO3S2/c1-2-13-23-21(24)20(28-22(23)27)16-17-9-11-19(12-10-17)26-15-6-14-25-18-7-4-3-5-8-18/h2-5,7-12,16H,1,6,13-15H2/b20-16+. The highest BCUT2D eigenvalue weighted by molar-refractivity contribution is 8.26. The number of ether oxygens (including phenoxy) is 2. The molecule has 0 saturated carbocycles. The van der Waals surface area contributed by atoms with Crippen LogP contribution in [0, 0.1) is 0 Å². The molecule has 144 valence electrons. The summed E-state index contributed by atoms with van der Waals surface area (Å²) in [6.07, 6.45) is 4.31. The second-order valence-electron chi connectivity index (χ2n) is 6.01. The Labute approximate surface area is 174 Å². The molecule has 0 aromatic heterocycles. The quantitative estimate of drug-likeness (QED) is 0.253. The van der Waals surface area contributed by atoms with E-state index in [1.807, 2.05) is 60.7 Å². The third-order valence-electron chi connectivity index (χ3n) is 3.93. The molecule has 2 aromatic carbocycles. The van der Waals surface area contributed by atoms with Gasteiger partial charge in [-0.25, -0.2) is 0 Å². The van der Waals surface area contributed by atoms with Crippen LogP contribution >= 0.6 is 24.0 Å². The van der Waals surface area contributed by atoms with Gasteiger partial charge in [-0.05, 0) is 35.9 Å². The van der Waals surface area contributed by atoms with Crippen LogP contribution in [0.2, 0.25) is 0 Å². The van der Waals surface area contributed by atoms with E-state index in [4.69, 9.17) is 21.7 Å². The van der Waals surface area contributed by atoms with Crippen molar-refractivity contribution < 1.29 is 14.3 Å². The molecule has 0 N–H and O–H groups in total. The van der Waals surface area contributed by atoms with E-state index in [0.717, 1.165) is 23.5 Å². The molecule has 1 aliphatic rings. The van der Waals surface area contributed by atoms with Gasteiger partial charge in [0.15, 0.2) is 0 Å². The summed E-state index contributed by atoms with van der Waals surface area (Å²) in [5.41, 5.74) is 0.930. The molecular formula is C22H21NO3S2. The van der Waals surface area contributed by atoms with Gasteiger partial charge in [-0.3, -0.25) is 9.69 Å². The summed E-state index contributed by atoms with van der Waals surface area (Å²) in [5.74, 6) is 1.58. The van der Waals surface area contributed by atoms with Crippen molar-refractivity contribution in [3.63, 3.8) is 0 Å². The molecule has 1 heterocycles. The number of carbonyl (C=O) groups excluding carboxylic acids is 1. The van der Waals surface area contributed by atoms with Gasteiger partial charge in [0, 0.05) is 13.0 Å². The minimum absolute atomic E-state index is 0.0753. The van der Waals surface area contributed by atoms with Crippen molar-refractivity contribution in [1.29, 1.82) is 0 Å². The average Bonchev–Trinajstić information content (AvgIpc) is 2.97. The number of hydrogen-bond acceptors (Lipinski definition) is 5. The molecule has 6 heteroatoms. The lowest BCUT2D eigenvalue weighted by molar-refractivity contribution is -0.121. The molecule has 0 aliphatic carbocycles. The Hall–Kier alpha value is -2.57. The molecule has 28 heavy (non-hydrogen) atoms. The number of carbonyl (C=O) groups is 1. The Balaban J connectivity index is 1.46. The maximum atomic E-state index is 12.3. The summed E-state index contributed by atoms with van der Waals surface area (Å²) in [6, 6.07) is 17.4. The minimum atomic E-state index is -0.0753. The molecule has 1 saturated heterocycles. The maximum Gasteiger partial charge on any atom is 0.266 e. The molecule has 0 unspecified atom stereocenters. The molecule has 2 aromatic rings. The van der Waals surface area contributed by atoms with Crippen LogP contribution in [0.3, 0.4) is 0 Å². The van der Waals surface area contributed by atoms with Crippen molar-refractivity contribution in [3.8, 4) is 11.5 Å². The molecule has 0 radical (unpaired) electrons. The van der Waals surface area contributed by atoms with E-state index in [-0.39, 0.29) is 5.91 Å². The fraction of sp³-hybridized carbons (Fsp3) is 0.182. The first kappa shape index (κ1) is 20.2. The van der Waals surface area contributed by atoms with Crippen LogP contribution in [0.1, 0.15) is 12.0 Å². The summed E-state index contributed by atoms with van der Waals surface area (Å²) in [7, 11) is 0. The Kier molecular flexibility index (Phi) is 7.28. The second kappa shape index (κ2) is 10.1. The highest BCUT2D eigenvalue weighted by Crippen LogP contribution is 2.32. The number of para-hydroxylation sites is 1. The van der Waals surface area contributed by atoms with E-state index in [1.165, 1.54) is 11.8 Å². The average molecular weight is 412 g/mol. The van der Waals surface area contributed by atoms with Gasteiger partial charge in [-0.15, -0.1) is 6.58 Å². The van der Waals surface area contributed by atoms with Crippen LogP contribution in [-0.2, 0) is 4.79 Å². The largest absolute Gasteiger partial charge is 0.493 e. The van der Waals surface area contributed by atoms with Crippen molar-refractivity contribution in [1.82, 2.24) is 4.90 Å². The van der Waals surface area contributed by atoms with Crippen molar-refractivity contribution in [3.05, 3.63) is 77.7 Å². The Morgan fingerprint density at radius 3 is 2.29 bits per heavy atom. The number of nitrogens with zero attached hydrogens (tertiary/aromatic N) is 1. The predicted molar refractivity (Wildman–Crippen MR) is 119 cm³/mol. The number of rotatable bonds is 9. The van der Waals surface area contributed by atoms with Crippen LogP contribution in [0.4, 0.5) is 0 Å². The smallest absolute Gasteiger partial charge is 0.266 e. The topological polar surface area (TPSA) is 38.8 Å². The number of thioether (sulfide) groups is 1. The summed E-state index contributed by atoms with van der Waals surface area (Å²) in [5, 5.41) is 0. The van der Waals surface area contributed by atoms with Crippen molar-refractivity contribution in [2.24, 2.45) is 0 Å². The van der Waals surface area contributed by atoms with Gasteiger partial charge in [-0.2, -0.15) is 0 Å². The van der Waals surface area contributed by atoms with Gasteiger partial charge < -0.3 is 9.47 Å². The first-order chi connectivity index (χ1) is 13.7. The fourth-order valence-corrected chi connectivity index (χ4v) is 3.83. The zero-order chi connectivity index (χ0) is 19.8. The summed E-state index contributed by atoms with van der Waals surface area (Å²) in [4.78, 5) is 14.5. The van der Waals surface area contributed by atoms with Gasteiger partial charge in [0.1, 0.15) is 15.8 Å². The van der Waals surface area contributed by atoms with Crippen molar-refractivity contribution in [2.75, 3.05) is 19.8 Å². The molecule has 1 aliphatic heterocycles. The first-order valence-corrected chi connectivity index (χ1v) is 10.2. The van der Waals surface area contributed by atoms with Gasteiger partial charge in [0.2, 0.25) is 0 Å². The fourth-order valence-electron chi connectivity index (χ4n) is 2.55. The van der Waals surface area contributed by atoms with E-state index in [1.54, 1.807) is 11.0 Å². The molecule has 0 spiro atoms. The molecule has 1 fully saturated rings. The van der Waals surface area contributed by atoms with E-state index in [2.05, 4.69) is 6.58 Å². The van der Waals surface area contributed by atoms with Crippen LogP contribution in [-0.4, -0.2) is 34.9 Å². The van der Waals surface area contributed by atoms with E-state index < -0.39 is 0 Å². The third-order valence-corrected chi connectivity index (χ3v) is 5.31. The maximum absolute atomic E-state index is 12.3. The van der Waals surface area contributed by atoms with Gasteiger partial charge >= 0.3 is 0 Å². The Morgan fingerprint density at radius 2 is 1.64 bits per heavy atom. The van der Waals surface area contributed by atoms with Crippen LogP contribution < -0.4 is 9.47 Å². The monoisotopic (exact) mass is 411 g/mol. The van der Waals surface area contributed by atoms with Crippen molar-refractivity contribution in [2.45, 2.75) is 6.42 Å². The minimum Gasteiger partial charge on any atom is -0.493 e. The number of amides is 1. The molecule has 0 atom stereocenters. The highest BCUT2D eigenvalue weighted by Gasteiger charge is 2.30. The van der Waals surface area contributed by atoms with Gasteiger partial charge in [0.05, 0.1) is 18.1 Å². The number of benzene rings is 2. The normalized spacial score (nSPS) is 15.1. The van der Waals surface area contributed by atoms with Gasteiger partial charge in [0.25, 0.3) is 5.91 Å². The van der Waals surface area contributed by atoms with E-state index in [9.17, 15) is 4.79 Å². The zero-order valence-corrected chi connectivity index (χ0v) is 17.0. The van der Waals surface area contributed by atoms with E-state index >= 15 is 0 Å². The second-order valence-corrected chi connectivity index (χ2v) is 7.69. The van der Waals surface area contributed by atoms with Gasteiger partial charge in [-0.1, -0.05) is 60.4 Å². The summed E-state index contributed by atoms with van der Waals surface area (Å²) >= 11 is 6.56. The zero-order valence-electron chi connectivity index (χ0n) is 15.4. The highest BCUT2D eigenvalue weighted by atomic mass is 32.2. The van der Waals surface area contributed by atoms with E-state index in [0.29, 0.717) is 29.0 Å². The lowest BCUT2D eigenvalue weighted by Gasteiger charge is -2.10. The lowest BCUT2D eigenvalue weighted by Crippen LogP contribution is -2.27. The Bertz CT molecular complexity index is 863. The molecular weight excluding hydrogens is 390 g/mol. The third kappa shape index (κ3) is 5.47. The number of hydrogen-bond donors (Lipinski definition) is 0. The first-order valence-electron chi connectivity index (χ1n) is 8.94. The number of thiocarbonyl (C=S) groups is 1. The molecule has 4 nitrogen and oxygen atoms in total. The summed E-state index contributed by atoms with van der Waals surface area (Å²) in [6.45, 7) is 5.27. The molecule has 1 amide bonds. The van der Waals surface area contributed by atoms with Crippen molar-refractivity contribution >= 4 is 40.3 Å². The van der Waals surface area contributed by atoms with Crippen LogP contribution in [0.25, 0.3) is 6.08 Å². The van der Waals surface area contributed by atoms with Crippen LogP contribution in [0.5, 0.6) is 11.5 Å². The summed E-state index contributed by atoms with van der Waals surface area (Å²) < 4.78 is 11.9. The predicted octanol–water partition coefficient (Wildman–Crippen LogP) is 4.92. The van der Waals surface area contributed by atoms with Crippen LogP contribution in [0.15, 0.2) is 72.2 Å². The molecule has 0 bridgehead atoms. The lowest BCUT2D eigenvalue weighted by atomic mass is 10.2.